The minimum atomic E-state index is -0.869. The Morgan fingerprint density at radius 2 is 1.75 bits per heavy atom. The standard InChI is InChI=1S/C12H23NO3/c1-11(2,3)13(10(15)16)12(4)7-5-9(14)6-8-12/h9,14H,5-8H2,1-4H3,(H,15,16). The molecule has 94 valence electrons. The van der Waals surface area contributed by atoms with Crippen LogP contribution in [-0.4, -0.2) is 38.4 Å². The maximum absolute atomic E-state index is 11.4. The lowest BCUT2D eigenvalue weighted by Gasteiger charge is -2.49. The van der Waals surface area contributed by atoms with E-state index in [2.05, 4.69) is 0 Å². The van der Waals surface area contributed by atoms with Crippen LogP contribution in [0.1, 0.15) is 53.4 Å². The Bertz CT molecular complexity index is 262. The average Bonchev–Trinajstić information content (AvgIpc) is 2.07. The van der Waals surface area contributed by atoms with Gasteiger partial charge in [-0.2, -0.15) is 0 Å². The summed E-state index contributed by atoms with van der Waals surface area (Å²) in [7, 11) is 0. The molecular weight excluding hydrogens is 206 g/mol. The highest BCUT2D eigenvalue weighted by atomic mass is 16.4. The van der Waals surface area contributed by atoms with Crippen LogP contribution in [0.5, 0.6) is 0 Å². The summed E-state index contributed by atoms with van der Waals surface area (Å²) in [6.07, 6.45) is 1.72. The Kier molecular flexibility index (Phi) is 3.53. The highest BCUT2D eigenvalue weighted by Crippen LogP contribution is 2.37. The Morgan fingerprint density at radius 3 is 2.06 bits per heavy atom. The molecule has 4 heteroatoms. The Labute approximate surface area is 97.3 Å². The van der Waals surface area contributed by atoms with Gasteiger partial charge in [-0.25, -0.2) is 4.79 Å². The molecule has 0 aromatic rings. The molecule has 16 heavy (non-hydrogen) atoms. The third-order valence-corrected chi connectivity index (χ3v) is 3.43. The van der Waals surface area contributed by atoms with Crippen molar-refractivity contribution < 1.29 is 15.0 Å². The third-order valence-electron chi connectivity index (χ3n) is 3.43. The largest absolute Gasteiger partial charge is 0.465 e. The summed E-state index contributed by atoms with van der Waals surface area (Å²) in [5, 5.41) is 18.9. The minimum Gasteiger partial charge on any atom is -0.465 e. The summed E-state index contributed by atoms with van der Waals surface area (Å²) >= 11 is 0. The average molecular weight is 229 g/mol. The molecule has 0 saturated heterocycles. The lowest BCUT2D eigenvalue weighted by Crippen LogP contribution is -2.59. The zero-order valence-corrected chi connectivity index (χ0v) is 10.7. The van der Waals surface area contributed by atoms with Crippen molar-refractivity contribution in [1.82, 2.24) is 4.90 Å². The quantitative estimate of drug-likeness (QED) is 0.726. The SMILES string of the molecule is CC(C)(C)N(C(=O)O)C1(C)CCC(O)CC1. The third kappa shape index (κ3) is 2.67. The second-order valence-corrected chi connectivity index (χ2v) is 6.02. The van der Waals surface area contributed by atoms with Gasteiger partial charge in [0.15, 0.2) is 0 Å². The van der Waals surface area contributed by atoms with Crippen LogP contribution in [0.25, 0.3) is 0 Å². The van der Waals surface area contributed by atoms with Crippen molar-refractivity contribution in [3.05, 3.63) is 0 Å². The van der Waals surface area contributed by atoms with Gasteiger partial charge in [-0.1, -0.05) is 0 Å². The van der Waals surface area contributed by atoms with E-state index in [1.54, 1.807) is 4.90 Å². The van der Waals surface area contributed by atoms with Gasteiger partial charge < -0.3 is 10.2 Å². The first-order valence-corrected chi connectivity index (χ1v) is 5.88. The molecule has 2 N–H and O–H groups in total. The molecule has 1 rings (SSSR count). The zero-order valence-electron chi connectivity index (χ0n) is 10.7. The maximum atomic E-state index is 11.4. The van der Waals surface area contributed by atoms with Gasteiger partial charge in [0.25, 0.3) is 0 Å². The lowest BCUT2D eigenvalue weighted by atomic mass is 9.78. The monoisotopic (exact) mass is 229 g/mol. The second-order valence-electron chi connectivity index (χ2n) is 6.02. The van der Waals surface area contributed by atoms with Crippen LogP contribution in [0.4, 0.5) is 4.79 Å². The van der Waals surface area contributed by atoms with Crippen LogP contribution in [0.15, 0.2) is 0 Å². The number of aliphatic hydroxyl groups excluding tert-OH is 1. The summed E-state index contributed by atoms with van der Waals surface area (Å²) in [6.45, 7) is 7.73. The molecule has 0 radical (unpaired) electrons. The number of aliphatic hydroxyl groups is 1. The molecule has 1 aliphatic rings. The summed E-state index contributed by atoms with van der Waals surface area (Å²) in [6, 6.07) is 0. The van der Waals surface area contributed by atoms with E-state index in [1.165, 1.54) is 0 Å². The van der Waals surface area contributed by atoms with Gasteiger partial charge >= 0.3 is 6.09 Å². The van der Waals surface area contributed by atoms with E-state index < -0.39 is 11.6 Å². The zero-order chi connectivity index (χ0) is 12.6. The smallest absolute Gasteiger partial charge is 0.408 e. The number of rotatable bonds is 1. The van der Waals surface area contributed by atoms with Gasteiger partial charge in [-0.3, -0.25) is 4.90 Å². The molecule has 0 spiro atoms. The van der Waals surface area contributed by atoms with Gasteiger partial charge in [0.2, 0.25) is 0 Å². The molecular formula is C12H23NO3. The van der Waals surface area contributed by atoms with Gasteiger partial charge in [0, 0.05) is 11.1 Å². The first-order chi connectivity index (χ1) is 7.17. The molecule has 0 aliphatic heterocycles. The number of hydrogen-bond donors (Lipinski definition) is 2. The van der Waals surface area contributed by atoms with Crippen LogP contribution in [0.2, 0.25) is 0 Å². The van der Waals surface area contributed by atoms with Crippen LogP contribution >= 0.6 is 0 Å². The molecule has 0 aromatic heterocycles. The van der Waals surface area contributed by atoms with Crippen molar-refractivity contribution in [2.24, 2.45) is 0 Å². The summed E-state index contributed by atoms with van der Waals surface area (Å²) in [4.78, 5) is 12.9. The van der Waals surface area contributed by atoms with E-state index in [9.17, 15) is 15.0 Å². The van der Waals surface area contributed by atoms with Crippen molar-refractivity contribution in [3.8, 4) is 0 Å². The van der Waals surface area contributed by atoms with E-state index in [0.717, 1.165) is 12.8 Å². The number of hydrogen-bond acceptors (Lipinski definition) is 2. The number of carboxylic acid groups (broad SMARTS) is 1. The molecule has 0 unspecified atom stereocenters. The summed E-state index contributed by atoms with van der Waals surface area (Å²) < 4.78 is 0. The van der Waals surface area contributed by atoms with Crippen molar-refractivity contribution in [3.63, 3.8) is 0 Å². The maximum Gasteiger partial charge on any atom is 0.408 e. The number of amides is 1. The normalized spacial score (nSPS) is 31.2. The van der Waals surface area contributed by atoms with E-state index >= 15 is 0 Å². The molecule has 4 nitrogen and oxygen atoms in total. The molecule has 0 atom stereocenters. The molecule has 1 saturated carbocycles. The lowest BCUT2D eigenvalue weighted by molar-refractivity contribution is -0.0188. The second kappa shape index (κ2) is 4.24. The first kappa shape index (κ1) is 13.3. The summed E-state index contributed by atoms with van der Waals surface area (Å²) in [5.74, 6) is 0. The molecule has 1 amide bonds. The molecule has 1 fully saturated rings. The van der Waals surface area contributed by atoms with E-state index in [4.69, 9.17) is 0 Å². The van der Waals surface area contributed by atoms with Crippen molar-refractivity contribution in [1.29, 1.82) is 0 Å². The summed E-state index contributed by atoms with van der Waals surface area (Å²) in [5.41, 5.74) is -0.744. The fourth-order valence-corrected chi connectivity index (χ4v) is 2.78. The van der Waals surface area contributed by atoms with Gasteiger partial charge in [0.05, 0.1) is 6.10 Å². The van der Waals surface area contributed by atoms with Crippen molar-refractivity contribution >= 4 is 6.09 Å². The van der Waals surface area contributed by atoms with Crippen LogP contribution in [0.3, 0.4) is 0 Å². The van der Waals surface area contributed by atoms with E-state index in [-0.39, 0.29) is 11.6 Å². The highest BCUT2D eigenvalue weighted by molar-refractivity contribution is 5.67. The van der Waals surface area contributed by atoms with Crippen molar-refractivity contribution in [2.75, 3.05) is 0 Å². The molecule has 0 heterocycles. The molecule has 1 aliphatic carbocycles. The Balaban J connectivity index is 2.90. The number of nitrogens with zero attached hydrogens (tertiary/aromatic N) is 1. The van der Waals surface area contributed by atoms with Crippen LogP contribution in [0, 0.1) is 0 Å². The topological polar surface area (TPSA) is 60.8 Å². The predicted molar refractivity (Wildman–Crippen MR) is 62.5 cm³/mol. The molecule has 0 aromatic carbocycles. The fourth-order valence-electron chi connectivity index (χ4n) is 2.78. The minimum absolute atomic E-state index is 0.260. The van der Waals surface area contributed by atoms with E-state index in [1.807, 2.05) is 27.7 Å². The van der Waals surface area contributed by atoms with Gasteiger partial charge in [0.1, 0.15) is 0 Å². The van der Waals surface area contributed by atoms with Crippen molar-refractivity contribution in [2.45, 2.75) is 70.6 Å². The highest BCUT2D eigenvalue weighted by Gasteiger charge is 2.43. The fraction of sp³-hybridized carbons (Fsp3) is 0.917. The number of carbonyl (C=O) groups is 1. The Hall–Kier alpha value is -0.770. The van der Waals surface area contributed by atoms with Gasteiger partial charge in [-0.15, -0.1) is 0 Å². The molecule has 0 bridgehead atoms. The first-order valence-electron chi connectivity index (χ1n) is 5.88. The predicted octanol–water partition coefficient (Wildman–Crippen LogP) is 2.46. The van der Waals surface area contributed by atoms with E-state index in [0.29, 0.717) is 12.8 Å². The van der Waals surface area contributed by atoms with Crippen LogP contribution < -0.4 is 0 Å². The van der Waals surface area contributed by atoms with Crippen LogP contribution in [-0.2, 0) is 0 Å². The Morgan fingerprint density at radius 1 is 1.31 bits per heavy atom. The van der Waals surface area contributed by atoms with Gasteiger partial charge in [-0.05, 0) is 53.4 Å².